The lowest BCUT2D eigenvalue weighted by molar-refractivity contribution is 0.508. The molecule has 2 aromatic carbocycles. The van der Waals surface area contributed by atoms with Crippen molar-refractivity contribution in [3.8, 4) is 0 Å². The molecule has 0 saturated carbocycles. The minimum absolute atomic E-state index is 0.618. The van der Waals surface area contributed by atoms with Gasteiger partial charge in [0.25, 0.3) is 0 Å². The fraction of sp³-hybridized carbons (Fsp3) is 0.235. The maximum Gasteiger partial charge on any atom is 0.173 e. The second kappa shape index (κ2) is 7.32. The van der Waals surface area contributed by atoms with Crippen molar-refractivity contribution in [1.82, 2.24) is 4.90 Å². The number of nitrogens with zero attached hydrogens (tertiary/aromatic N) is 1. The number of aryl methyl sites for hydroxylation is 2. The summed E-state index contributed by atoms with van der Waals surface area (Å²) in [5.74, 6) is 0. The molecule has 0 spiro atoms. The third kappa shape index (κ3) is 4.35. The first-order valence-corrected chi connectivity index (χ1v) is 8.06. The molecule has 0 radical (unpaired) electrons. The molecule has 0 amide bonds. The Morgan fingerprint density at radius 3 is 2.55 bits per heavy atom. The molecule has 0 saturated heterocycles. The standard InChI is InChI=1S/C17H18Cl2N2S/c1-11-4-5-12(2)16(8-11)20-17(22)21(3)10-13-6-7-14(18)9-15(13)19/h4-9H,10H2,1-3H3,(H,20,22). The molecule has 2 nitrogen and oxygen atoms in total. The van der Waals surface area contributed by atoms with Gasteiger partial charge in [-0.1, -0.05) is 41.4 Å². The van der Waals surface area contributed by atoms with Crippen LogP contribution in [0.3, 0.4) is 0 Å². The topological polar surface area (TPSA) is 15.3 Å². The third-order valence-corrected chi connectivity index (χ3v) is 4.40. The van der Waals surface area contributed by atoms with Crippen LogP contribution in [0.1, 0.15) is 16.7 Å². The largest absolute Gasteiger partial charge is 0.348 e. The molecule has 0 aliphatic carbocycles. The predicted molar refractivity (Wildman–Crippen MR) is 100 cm³/mol. The molecule has 5 heteroatoms. The Morgan fingerprint density at radius 2 is 1.86 bits per heavy atom. The van der Waals surface area contributed by atoms with E-state index in [0.717, 1.165) is 16.8 Å². The number of hydrogen-bond acceptors (Lipinski definition) is 1. The molecular weight excluding hydrogens is 335 g/mol. The van der Waals surface area contributed by atoms with Crippen LogP contribution in [0.5, 0.6) is 0 Å². The van der Waals surface area contributed by atoms with E-state index in [-0.39, 0.29) is 0 Å². The van der Waals surface area contributed by atoms with Crippen LogP contribution in [0, 0.1) is 13.8 Å². The molecule has 0 bridgehead atoms. The van der Waals surface area contributed by atoms with Crippen molar-refractivity contribution in [1.29, 1.82) is 0 Å². The highest BCUT2D eigenvalue weighted by Gasteiger charge is 2.10. The van der Waals surface area contributed by atoms with E-state index >= 15 is 0 Å². The smallest absolute Gasteiger partial charge is 0.173 e. The van der Waals surface area contributed by atoms with E-state index in [2.05, 4.69) is 37.4 Å². The summed E-state index contributed by atoms with van der Waals surface area (Å²) in [4.78, 5) is 1.95. The number of benzene rings is 2. The first-order valence-electron chi connectivity index (χ1n) is 6.90. The number of anilines is 1. The number of nitrogens with one attached hydrogen (secondary N) is 1. The Kier molecular flexibility index (Phi) is 5.68. The minimum Gasteiger partial charge on any atom is -0.348 e. The van der Waals surface area contributed by atoms with Gasteiger partial charge in [-0.25, -0.2) is 0 Å². The second-order valence-electron chi connectivity index (χ2n) is 5.34. The Labute approximate surface area is 147 Å². The van der Waals surface area contributed by atoms with Gasteiger partial charge in [-0.2, -0.15) is 0 Å². The summed E-state index contributed by atoms with van der Waals surface area (Å²) in [7, 11) is 1.94. The Hall–Kier alpha value is -1.29. The van der Waals surface area contributed by atoms with Gasteiger partial charge < -0.3 is 10.2 Å². The van der Waals surface area contributed by atoms with Crippen LogP contribution >= 0.6 is 35.4 Å². The summed E-state index contributed by atoms with van der Waals surface area (Å²) in [5, 5.41) is 5.22. The van der Waals surface area contributed by atoms with Crippen LogP contribution in [0.25, 0.3) is 0 Å². The molecule has 0 aliphatic rings. The highest BCUT2D eigenvalue weighted by Crippen LogP contribution is 2.22. The first kappa shape index (κ1) is 17.1. The highest BCUT2D eigenvalue weighted by molar-refractivity contribution is 7.80. The van der Waals surface area contributed by atoms with Gasteiger partial charge in [0, 0.05) is 29.3 Å². The number of hydrogen-bond donors (Lipinski definition) is 1. The van der Waals surface area contributed by atoms with Gasteiger partial charge in [-0.3, -0.25) is 0 Å². The summed E-state index contributed by atoms with van der Waals surface area (Å²) in [6.07, 6.45) is 0. The summed E-state index contributed by atoms with van der Waals surface area (Å²) >= 11 is 17.6. The Balaban J connectivity index is 2.07. The zero-order chi connectivity index (χ0) is 16.3. The van der Waals surface area contributed by atoms with E-state index in [1.54, 1.807) is 6.07 Å². The molecule has 0 atom stereocenters. The summed E-state index contributed by atoms with van der Waals surface area (Å²) in [6.45, 7) is 4.73. The lowest BCUT2D eigenvalue weighted by atomic mass is 10.1. The van der Waals surface area contributed by atoms with Crippen molar-refractivity contribution in [3.63, 3.8) is 0 Å². The number of halogens is 2. The number of thiocarbonyl (C=S) groups is 1. The third-order valence-electron chi connectivity index (χ3n) is 3.40. The normalized spacial score (nSPS) is 10.4. The fourth-order valence-corrected chi connectivity index (χ4v) is 2.70. The number of rotatable bonds is 3. The zero-order valence-electron chi connectivity index (χ0n) is 12.8. The van der Waals surface area contributed by atoms with Crippen molar-refractivity contribution < 1.29 is 0 Å². The maximum absolute atomic E-state index is 6.21. The molecule has 2 aromatic rings. The van der Waals surface area contributed by atoms with Gasteiger partial charge in [0.05, 0.1) is 0 Å². The van der Waals surface area contributed by atoms with E-state index < -0.39 is 0 Å². The molecule has 0 fully saturated rings. The zero-order valence-corrected chi connectivity index (χ0v) is 15.1. The first-order chi connectivity index (χ1) is 10.4. The molecule has 22 heavy (non-hydrogen) atoms. The van der Waals surface area contributed by atoms with Crippen molar-refractivity contribution in [2.45, 2.75) is 20.4 Å². The van der Waals surface area contributed by atoms with Gasteiger partial charge in [0.2, 0.25) is 0 Å². The molecule has 0 aliphatic heterocycles. The van der Waals surface area contributed by atoms with E-state index in [9.17, 15) is 0 Å². The average molecular weight is 353 g/mol. The Bertz CT molecular complexity index is 701. The lowest BCUT2D eigenvalue weighted by Crippen LogP contribution is -2.30. The molecule has 116 valence electrons. The van der Waals surface area contributed by atoms with Crippen LogP contribution in [0.15, 0.2) is 36.4 Å². The van der Waals surface area contributed by atoms with E-state index in [0.29, 0.717) is 21.7 Å². The van der Waals surface area contributed by atoms with Gasteiger partial charge in [-0.05, 0) is 61.0 Å². The van der Waals surface area contributed by atoms with Crippen molar-refractivity contribution in [3.05, 3.63) is 63.1 Å². The van der Waals surface area contributed by atoms with Crippen LogP contribution in [0.4, 0.5) is 5.69 Å². The van der Waals surface area contributed by atoms with Crippen molar-refractivity contribution >= 4 is 46.2 Å². The molecule has 0 unspecified atom stereocenters. The van der Waals surface area contributed by atoms with Gasteiger partial charge in [-0.15, -0.1) is 0 Å². The Morgan fingerprint density at radius 1 is 1.14 bits per heavy atom. The molecule has 1 N–H and O–H groups in total. The molecule has 0 aromatic heterocycles. The minimum atomic E-state index is 0.618. The van der Waals surface area contributed by atoms with Gasteiger partial charge in [0.15, 0.2) is 5.11 Å². The SMILES string of the molecule is Cc1ccc(C)c(NC(=S)N(C)Cc2ccc(Cl)cc2Cl)c1. The molecular formula is C17H18Cl2N2S. The summed E-state index contributed by atoms with van der Waals surface area (Å²) < 4.78 is 0. The summed E-state index contributed by atoms with van der Waals surface area (Å²) in [6, 6.07) is 11.7. The van der Waals surface area contributed by atoms with Gasteiger partial charge >= 0.3 is 0 Å². The molecule has 0 heterocycles. The van der Waals surface area contributed by atoms with Gasteiger partial charge in [0.1, 0.15) is 0 Å². The van der Waals surface area contributed by atoms with Crippen molar-refractivity contribution in [2.75, 3.05) is 12.4 Å². The van der Waals surface area contributed by atoms with Crippen LogP contribution in [-0.2, 0) is 6.54 Å². The monoisotopic (exact) mass is 352 g/mol. The van der Waals surface area contributed by atoms with Crippen LogP contribution in [-0.4, -0.2) is 17.1 Å². The molecule has 2 rings (SSSR count). The maximum atomic E-state index is 6.21. The lowest BCUT2D eigenvalue weighted by Gasteiger charge is -2.22. The average Bonchev–Trinajstić information content (AvgIpc) is 2.45. The quantitative estimate of drug-likeness (QED) is 0.740. The fourth-order valence-electron chi connectivity index (χ4n) is 2.06. The predicted octanol–water partition coefficient (Wildman–Crippen LogP) is 5.44. The summed E-state index contributed by atoms with van der Waals surface area (Å²) in [5.41, 5.74) is 4.36. The second-order valence-corrected chi connectivity index (χ2v) is 6.57. The van der Waals surface area contributed by atoms with E-state index in [1.165, 1.54) is 5.56 Å². The highest BCUT2D eigenvalue weighted by atomic mass is 35.5. The van der Waals surface area contributed by atoms with Crippen LogP contribution in [0.2, 0.25) is 10.0 Å². The van der Waals surface area contributed by atoms with Crippen molar-refractivity contribution in [2.24, 2.45) is 0 Å². The van der Waals surface area contributed by atoms with E-state index in [4.69, 9.17) is 35.4 Å². The van der Waals surface area contributed by atoms with Crippen LogP contribution < -0.4 is 5.32 Å². The van der Waals surface area contributed by atoms with E-state index in [1.807, 2.05) is 24.1 Å².